The molecule has 0 saturated carbocycles. The molecular weight excluding hydrogens is 228 g/mol. The van der Waals surface area contributed by atoms with Crippen LogP contribution in [0.25, 0.3) is 0 Å². The standard InChI is InChI=1S/C14H20N2O2/c1-10-9-16(6-3-7-18-10)12-4-5-13(11(2)17)14(15)8-12/h4-5,8,10H,3,6-7,9,15H2,1-2H3. The average molecular weight is 248 g/mol. The van der Waals surface area contributed by atoms with Crippen molar-refractivity contribution in [2.24, 2.45) is 0 Å². The van der Waals surface area contributed by atoms with E-state index in [-0.39, 0.29) is 11.9 Å². The topological polar surface area (TPSA) is 55.6 Å². The highest BCUT2D eigenvalue weighted by Gasteiger charge is 2.16. The second-order valence-corrected chi connectivity index (χ2v) is 4.81. The zero-order valence-electron chi connectivity index (χ0n) is 11.0. The predicted octanol–water partition coefficient (Wildman–Crippen LogP) is 2.09. The van der Waals surface area contributed by atoms with Crippen molar-refractivity contribution >= 4 is 17.2 Å². The molecule has 4 heteroatoms. The summed E-state index contributed by atoms with van der Waals surface area (Å²) in [6.07, 6.45) is 1.24. The third kappa shape index (κ3) is 2.82. The molecule has 4 nitrogen and oxygen atoms in total. The van der Waals surface area contributed by atoms with E-state index in [0.29, 0.717) is 11.3 Å². The first-order valence-corrected chi connectivity index (χ1v) is 6.35. The van der Waals surface area contributed by atoms with Crippen molar-refractivity contribution in [2.75, 3.05) is 30.3 Å². The molecule has 0 amide bonds. The van der Waals surface area contributed by atoms with Gasteiger partial charge in [0.2, 0.25) is 0 Å². The summed E-state index contributed by atoms with van der Waals surface area (Å²) in [6, 6.07) is 5.66. The number of nitrogen functional groups attached to an aromatic ring is 1. The number of nitrogens with two attached hydrogens (primary N) is 1. The monoisotopic (exact) mass is 248 g/mol. The van der Waals surface area contributed by atoms with Crippen LogP contribution in [0.5, 0.6) is 0 Å². The summed E-state index contributed by atoms with van der Waals surface area (Å²) in [4.78, 5) is 13.6. The van der Waals surface area contributed by atoms with Gasteiger partial charge >= 0.3 is 0 Å². The van der Waals surface area contributed by atoms with Crippen LogP contribution in [0.4, 0.5) is 11.4 Å². The molecular formula is C14H20N2O2. The molecule has 2 rings (SSSR count). The summed E-state index contributed by atoms with van der Waals surface area (Å²) in [5, 5.41) is 0. The lowest BCUT2D eigenvalue weighted by Crippen LogP contribution is -2.30. The minimum Gasteiger partial charge on any atom is -0.398 e. The zero-order valence-corrected chi connectivity index (χ0v) is 11.0. The molecule has 0 radical (unpaired) electrons. The Balaban J connectivity index is 2.22. The maximum atomic E-state index is 11.3. The van der Waals surface area contributed by atoms with Gasteiger partial charge in [-0.05, 0) is 38.5 Å². The number of rotatable bonds is 2. The molecule has 1 fully saturated rings. The summed E-state index contributed by atoms with van der Waals surface area (Å²) in [6.45, 7) is 6.24. The SMILES string of the molecule is CC(=O)c1ccc(N2CCCOC(C)C2)cc1N. The third-order valence-electron chi connectivity index (χ3n) is 3.23. The molecule has 1 heterocycles. The van der Waals surface area contributed by atoms with Gasteiger partial charge < -0.3 is 15.4 Å². The van der Waals surface area contributed by atoms with Gasteiger partial charge in [-0.3, -0.25) is 4.79 Å². The first-order chi connectivity index (χ1) is 8.58. The maximum Gasteiger partial charge on any atom is 0.161 e. The molecule has 1 aliphatic rings. The molecule has 98 valence electrons. The van der Waals surface area contributed by atoms with Gasteiger partial charge in [0, 0.05) is 36.6 Å². The van der Waals surface area contributed by atoms with Crippen molar-refractivity contribution in [2.45, 2.75) is 26.4 Å². The van der Waals surface area contributed by atoms with Crippen LogP contribution in [-0.4, -0.2) is 31.6 Å². The molecule has 0 aliphatic carbocycles. The molecule has 0 aromatic heterocycles. The van der Waals surface area contributed by atoms with Crippen molar-refractivity contribution < 1.29 is 9.53 Å². The Morgan fingerprint density at radius 3 is 2.94 bits per heavy atom. The number of carbonyl (C=O) groups excluding carboxylic acids is 1. The number of hydrogen-bond donors (Lipinski definition) is 1. The van der Waals surface area contributed by atoms with E-state index in [2.05, 4.69) is 11.8 Å². The van der Waals surface area contributed by atoms with E-state index in [1.807, 2.05) is 18.2 Å². The van der Waals surface area contributed by atoms with Gasteiger partial charge in [-0.1, -0.05) is 0 Å². The summed E-state index contributed by atoms with van der Waals surface area (Å²) >= 11 is 0. The van der Waals surface area contributed by atoms with Crippen LogP contribution in [0.3, 0.4) is 0 Å². The minimum atomic E-state index is 0.00613. The van der Waals surface area contributed by atoms with Gasteiger partial charge in [0.1, 0.15) is 0 Å². The highest BCUT2D eigenvalue weighted by Crippen LogP contribution is 2.23. The van der Waals surface area contributed by atoms with Crippen molar-refractivity contribution in [3.05, 3.63) is 23.8 Å². The number of hydrogen-bond acceptors (Lipinski definition) is 4. The second-order valence-electron chi connectivity index (χ2n) is 4.81. The molecule has 1 atom stereocenters. The number of anilines is 2. The molecule has 1 saturated heterocycles. The molecule has 0 spiro atoms. The van der Waals surface area contributed by atoms with Crippen LogP contribution in [0.1, 0.15) is 30.6 Å². The number of ether oxygens (including phenoxy) is 1. The first-order valence-electron chi connectivity index (χ1n) is 6.35. The molecule has 0 bridgehead atoms. The Kier molecular flexibility index (Phi) is 3.87. The smallest absolute Gasteiger partial charge is 0.161 e. The van der Waals surface area contributed by atoms with Crippen molar-refractivity contribution in [3.63, 3.8) is 0 Å². The van der Waals surface area contributed by atoms with Crippen LogP contribution in [0.15, 0.2) is 18.2 Å². The third-order valence-corrected chi connectivity index (χ3v) is 3.23. The fourth-order valence-electron chi connectivity index (χ4n) is 2.30. The number of Topliss-reactive ketones (excluding diaryl/α,β-unsaturated/α-hetero) is 1. The van der Waals surface area contributed by atoms with E-state index in [1.54, 1.807) is 0 Å². The van der Waals surface area contributed by atoms with E-state index >= 15 is 0 Å². The molecule has 1 aliphatic heterocycles. The van der Waals surface area contributed by atoms with E-state index in [9.17, 15) is 4.79 Å². The lowest BCUT2D eigenvalue weighted by atomic mass is 10.1. The van der Waals surface area contributed by atoms with Crippen LogP contribution < -0.4 is 10.6 Å². The van der Waals surface area contributed by atoms with Crippen molar-refractivity contribution in [3.8, 4) is 0 Å². The van der Waals surface area contributed by atoms with Crippen LogP contribution in [0.2, 0.25) is 0 Å². The highest BCUT2D eigenvalue weighted by atomic mass is 16.5. The number of carbonyl (C=O) groups is 1. The second kappa shape index (κ2) is 5.40. The Bertz CT molecular complexity index is 445. The summed E-state index contributed by atoms with van der Waals surface area (Å²) < 4.78 is 5.62. The molecule has 1 unspecified atom stereocenters. The maximum absolute atomic E-state index is 11.3. The van der Waals surface area contributed by atoms with Crippen LogP contribution in [0, 0.1) is 0 Å². The van der Waals surface area contributed by atoms with Gasteiger partial charge in [-0.2, -0.15) is 0 Å². The lowest BCUT2D eigenvalue weighted by Gasteiger charge is -2.25. The van der Waals surface area contributed by atoms with Crippen molar-refractivity contribution in [1.82, 2.24) is 0 Å². The van der Waals surface area contributed by atoms with Gasteiger partial charge in [-0.25, -0.2) is 0 Å². The lowest BCUT2D eigenvalue weighted by molar-refractivity contribution is 0.0820. The Morgan fingerprint density at radius 2 is 2.28 bits per heavy atom. The summed E-state index contributed by atoms with van der Waals surface area (Å²) in [5.74, 6) is 0.00613. The zero-order chi connectivity index (χ0) is 13.1. The van der Waals surface area contributed by atoms with E-state index < -0.39 is 0 Å². The van der Waals surface area contributed by atoms with Gasteiger partial charge in [-0.15, -0.1) is 0 Å². The Hall–Kier alpha value is -1.55. The molecule has 1 aromatic rings. The summed E-state index contributed by atoms with van der Waals surface area (Å²) in [7, 11) is 0. The quantitative estimate of drug-likeness (QED) is 0.643. The molecule has 1 aromatic carbocycles. The number of ketones is 1. The first kappa shape index (κ1) is 12.9. The Morgan fingerprint density at radius 1 is 1.50 bits per heavy atom. The van der Waals surface area contributed by atoms with Crippen molar-refractivity contribution in [1.29, 1.82) is 0 Å². The number of benzene rings is 1. The van der Waals surface area contributed by atoms with E-state index in [1.165, 1.54) is 6.92 Å². The number of nitrogens with zero attached hydrogens (tertiary/aromatic N) is 1. The van der Waals surface area contributed by atoms with E-state index in [4.69, 9.17) is 10.5 Å². The largest absolute Gasteiger partial charge is 0.398 e. The highest BCUT2D eigenvalue weighted by molar-refractivity contribution is 5.99. The van der Waals surface area contributed by atoms with Crippen LogP contribution >= 0.6 is 0 Å². The van der Waals surface area contributed by atoms with E-state index in [0.717, 1.165) is 31.8 Å². The minimum absolute atomic E-state index is 0.00613. The molecule has 2 N–H and O–H groups in total. The Labute approximate surface area is 108 Å². The van der Waals surface area contributed by atoms with Gasteiger partial charge in [0.05, 0.1) is 6.10 Å². The summed E-state index contributed by atoms with van der Waals surface area (Å²) in [5.41, 5.74) is 8.14. The van der Waals surface area contributed by atoms with Gasteiger partial charge in [0.15, 0.2) is 5.78 Å². The fourth-order valence-corrected chi connectivity index (χ4v) is 2.30. The fraction of sp³-hybridized carbons (Fsp3) is 0.500. The van der Waals surface area contributed by atoms with Gasteiger partial charge in [0.25, 0.3) is 0 Å². The molecule has 18 heavy (non-hydrogen) atoms. The normalized spacial score (nSPS) is 20.6. The predicted molar refractivity (Wildman–Crippen MR) is 73.1 cm³/mol. The average Bonchev–Trinajstić information content (AvgIpc) is 2.53. The van der Waals surface area contributed by atoms with Crippen LogP contribution in [-0.2, 0) is 4.74 Å².